The molecule has 2 atom stereocenters. The van der Waals surface area contributed by atoms with Crippen LogP contribution in [0.2, 0.25) is 0 Å². The number of hydrogen-bond donors (Lipinski definition) is 1. The maximum absolute atomic E-state index is 12.4. The molecule has 0 fully saturated rings. The first-order valence-corrected chi connectivity index (χ1v) is 11.6. The summed E-state index contributed by atoms with van der Waals surface area (Å²) in [6.45, 7) is 1.02. The lowest BCUT2D eigenvalue weighted by atomic mass is 9.95. The third-order valence-electron chi connectivity index (χ3n) is 6.63. The molecule has 0 spiro atoms. The highest BCUT2D eigenvalue weighted by atomic mass is 16.6. The van der Waals surface area contributed by atoms with E-state index in [1.54, 1.807) is 12.1 Å². The topological polar surface area (TPSA) is 99.1 Å². The van der Waals surface area contributed by atoms with Crippen molar-refractivity contribution < 1.29 is 33.6 Å². The molecule has 0 saturated heterocycles. The number of rotatable bonds is 5. The molecule has 184 valence electrons. The molecule has 0 bridgehead atoms. The Kier molecular flexibility index (Phi) is 5.32. The number of benzene rings is 3. The van der Waals surface area contributed by atoms with E-state index in [-0.39, 0.29) is 17.4 Å². The van der Waals surface area contributed by atoms with Crippen LogP contribution in [0.1, 0.15) is 45.7 Å². The summed E-state index contributed by atoms with van der Waals surface area (Å²) in [6.07, 6.45) is -0.169. The Morgan fingerprint density at radius 1 is 0.972 bits per heavy atom. The minimum Gasteiger partial charge on any atom is -0.493 e. The van der Waals surface area contributed by atoms with Gasteiger partial charge in [-0.15, -0.1) is 0 Å². The zero-order valence-electron chi connectivity index (χ0n) is 19.8. The summed E-state index contributed by atoms with van der Waals surface area (Å²) in [5.74, 6) is 1.41. The van der Waals surface area contributed by atoms with Crippen molar-refractivity contribution in [1.82, 2.24) is 5.01 Å². The summed E-state index contributed by atoms with van der Waals surface area (Å²) in [5, 5.41) is 16.9. The number of hydrogen-bond acceptors (Lipinski definition) is 8. The number of nitrogens with zero attached hydrogens (tertiary/aromatic N) is 2. The molecule has 36 heavy (non-hydrogen) atoms. The zero-order valence-corrected chi connectivity index (χ0v) is 19.8. The highest BCUT2D eigenvalue weighted by Gasteiger charge is 2.43. The SMILES string of the molecule is COc1ccc([C@H]2Oc3ccccc3[C@H]3CC(c4ccc5c(c4)OCCO5)=NN32)c(C(=O)O)c1OC. The van der Waals surface area contributed by atoms with Gasteiger partial charge in [0.2, 0.25) is 6.23 Å². The molecule has 6 rings (SSSR count). The first-order chi connectivity index (χ1) is 17.6. The summed E-state index contributed by atoms with van der Waals surface area (Å²) in [6, 6.07) is 16.8. The van der Waals surface area contributed by atoms with E-state index < -0.39 is 12.2 Å². The van der Waals surface area contributed by atoms with Crippen molar-refractivity contribution in [2.24, 2.45) is 5.10 Å². The van der Waals surface area contributed by atoms with E-state index >= 15 is 0 Å². The highest BCUT2D eigenvalue weighted by Crippen LogP contribution is 2.49. The third-order valence-corrected chi connectivity index (χ3v) is 6.63. The highest BCUT2D eigenvalue weighted by molar-refractivity contribution is 6.02. The van der Waals surface area contributed by atoms with E-state index in [4.69, 9.17) is 28.8 Å². The first kappa shape index (κ1) is 22.1. The largest absolute Gasteiger partial charge is 0.493 e. The predicted molar refractivity (Wildman–Crippen MR) is 129 cm³/mol. The molecule has 3 aliphatic heterocycles. The van der Waals surface area contributed by atoms with Crippen molar-refractivity contribution in [3.8, 4) is 28.7 Å². The van der Waals surface area contributed by atoms with Gasteiger partial charge in [0, 0.05) is 23.1 Å². The number of methoxy groups -OCH3 is 2. The van der Waals surface area contributed by atoms with Crippen molar-refractivity contribution in [3.05, 3.63) is 76.9 Å². The van der Waals surface area contributed by atoms with Crippen LogP contribution >= 0.6 is 0 Å². The number of fused-ring (bicyclic) bond motifs is 4. The van der Waals surface area contributed by atoms with Crippen LogP contribution in [0.3, 0.4) is 0 Å². The molecule has 0 aliphatic carbocycles. The van der Waals surface area contributed by atoms with E-state index in [1.807, 2.05) is 47.5 Å². The van der Waals surface area contributed by atoms with E-state index in [2.05, 4.69) is 0 Å². The summed E-state index contributed by atoms with van der Waals surface area (Å²) in [4.78, 5) is 12.4. The van der Waals surface area contributed by atoms with Crippen LogP contribution in [-0.2, 0) is 0 Å². The predicted octanol–water partition coefficient (Wildman–Crippen LogP) is 4.42. The Balaban J connectivity index is 1.47. The number of carboxylic acids is 1. The number of carboxylic acid groups (broad SMARTS) is 1. The zero-order chi connectivity index (χ0) is 24.8. The minimum absolute atomic E-state index is 0.0250. The molecule has 1 N–H and O–H groups in total. The summed E-state index contributed by atoms with van der Waals surface area (Å²) in [5.41, 5.74) is 3.15. The van der Waals surface area contributed by atoms with Crippen molar-refractivity contribution in [2.75, 3.05) is 27.4 Å². The standard InChI is InChI=1S/C27H24N2O7/c1-32-22-10-8-17(24(27(30)31)25(22)33-2)26-29-19(16-5-3-4-6-20(16)36-26)14-18(28-29)15-7-9-21-23(13-15)35-12-11-34-21/h3-10,13,19,26H,11-12,14H2,1-2H3,(H,30,31)/t19-,26-/m1/s1. The fourth-order valence-corrected chi connectivity index (χ4v) is 5.01. The second kappa shape index (κ2) is 8.67. The number of hydrazone groups is 1. The molecule has 0 unspecified atom stereocenters. The molecular weight excluding hydrogens is 464 g/mol. The van der Waals surface area contributed by atoms with Crippen LogP contribution in [0.25, 0.3) is 0 Å². The van der Waals surface area contributed by atoms with Gasteiger partial charge in [-0.3, -0.25) is 0 Å². The fourth-order valence-electron chi connectivity index (χ4n) is 5.01. The Bertz CT molecular complexity index is 1390. The molecule has 3 aliphatic rings. The molecule has 0 amide bonds. The van der Waals surface area contributed by atoms with Crippen LogP contribution in [0, 0.1) is 0 Å². The van der Waals surface area contributed by atoms with Crippen LogP contribution in [0.5, 0.6) is 28.7 Å². The summed E-state index contributed by atoms with van der Waals surface area (Å²) >= 11 is 0. The second-order valence-electron chi connectivity index (χ2n) is 8.58. The maximum Gasteiger partial charge on any atom is 0.340 e. The van der Waals surface area contributed by atoms with Gasteiger partial charge in [0.25, 0.3) is 0 Å². The van der Waals surface area contributed by atoms with E-state index in [1.165, 1.54) is 14.2 Å². The number of ether oxygens (including phenoxy) is 5. The van der Waals surface area contributed by atoms with Gasteiger partial charge in [-0.05, 0) is 36.4 Å². The normalized spacial score (nSPS) is 19.5. The van der Waals surface area contributed by atoms with Crippen molar-refractivity contribution >= 4 is 11.7 Å². The number of para-hydroxylation sites is 1. The van der Waals surface area contributed by atoms with Crippen molar-refractivity contribution in [3.63, 3.8) is 0 Å². The summed E-state index contributed by atoms with van der Waals surface area (Å²) < 4.78 is 28.6. The van der Waals surface area contributed by atoms with E-state index in [0.29, 0.717) is 48.2 Å². The van der Waals surface area contributed by atoms with Crippen molar-refractivity contribution in [1.29, 1.82) is 0 Å². The fraction of sp³-hybridized carbons (Fsp3) is 0.259. The molecule has 9 nitrogen and oxygen atoms in total. The molecule has 0 radical (unpaired) electrons. The number of carbonyl (C=O) groups is 1. The number of aromatic carboxylic acids is 1. The molecule has 0 aromatic heterocycles. The van der Waals surface area contributed by atoms with Gasteiger partial charge in [-0.2, -0.15) is 5.10 Å². The van der Waals surface area contributed by atoms with Crippen LogP contribution in [-0.4, -0.2) is 49.2 Å². The first-order valence-electron chi connectivity index (χ1n) is 11.6. The molecule has 3 aromatic rings. The van der Waals surface area contributed by atoms with Gasteiger partial charge in [0.1, 0.15) is 24.5 Å². The molecule has 3 aromatic carbocycles. The lowest BCUT2D eigenvalue weighted by molar-refractivity contribution is -0.0199. The smallest absolute Gasteiger partial charge is 0.340 e. The second-order valence-corrected chi connectivity index (χ2v) is 8.58. The molecule has 3 heterocycles. The third kappa shape index (κ3) is 3.46. The van der Waals surface area contributed by atoms with Crippen molar-refractivity contribution in [2.45, 2.75) is 18.7 Å². The van der Waals surface area contributed by atoms with Gasteiger partial charge >= 0.3 is 5.97 Å². The summed E-state index contributed by atoms with van der Waals surface area (Å²) in [7, 11) is 2.89. The van der Waals surface area contributed by atoms with Gasteiger partial charge in [-0.1, -0.05) is 18.2 Å². The van der Waals surface area contributed by atoms with E-state index in [9.17, 15) is 9.90 Å². The monoisotopic (exact) mass is 488 g/mol. The Hall–Kier alpha value is -4.40. The lowest BCUT2D eigenvalue weighted by Gasteiger charge is -2.38. The average Bonchev–Trinajstić information content (AvgIpc) is 3.37. The van der Waals surface area contributed by atoms with E-state index in [0.717, 1.165) is 16.8 Å². The minimum atomic E-state index is -1.14. The molecule has 9 heteroatoms. The van der Waals surface area contributed by atoms with Crippen LogP contribution in [0.4, 0.5) is 0 Å². The molecule has 0 saturated carbocycles. The lowest BCUT2D eigenvalue weighted by Crippen LogP contribution is -2.34. The Labute approximate surface area is 207 Å². The van der Waals surface area contributed by atoms with Gasteiger partial charge in [0.05, 0.1) is 26.0 Å². The van der Waals surface area contributed by atoms with Gasteiger partial charge < -0.3 is 28.8 Å². The van der Waals surface area contributed by atoms with Gasteiger partial charge in [0.15, 0.2) is 23.0 Å². The average molecular weight is 488 g/mol. The van der Waals surface area contributed by atoms with Crippen LogP contribution < -0.4 is 23.7 Å². The van der Waals surface area contributed by atoms with Crippen LogP contribution in [0.15, 0.2) is 59.7 Å². The maximum atomic E-state index is 12.4. The Morgan fingerprint density at radius 2 is 1.78 bits per heavy atom. The quantitative estimate of drug-likeness (QED) is 0.564. The molecular formula is C27H24N2O7. The Morgan fingerprint density at radius 3 is 2.56 bits per heavy atom. The van der Waals surface area contributed by atoms with Gasteiger partial charge in [-0.25, -0.2) is 9.80 Å².